The van der Waals surface area contributed by atoms with Gasteiger partial charge in [-0.2, -0.15) is 0 Å². The highest BCUT2D eigenvalue weighted by molar-refractivity contribution is 5.97. The Balaban J connectivity index is 2.66. The number of hydrogen-bond donors (Lipinski definition) is 1. The highest BCUT2D eigenvalue weighted by atomic mass is 19.1. The van der Waals surface area contributed by atoms with Crippen molar-refractivity contribution < 1.29 is 9.18 Å². The molecule has 0 unspecified atom stereocenters. The van der Waals surface area contributed by atoms with E-state index in [9.17, 15) is 9.18 Å². The maximum Gasteiger partial charge on any atom is 0.179 e. The van der Waals surface area contributed by atoms with E-state index < -0.39 is 5.82 Å². The van der Waals surface area contributed by atoms with Gasteiger partial charge in [0.2, 0.25) is 0 Å². The van der Waals surface area contributed by atoms with Crippen LogP contribution in [0.4, 0.5) is 4.39 Å². The van der Waals surface area contributed by atoms with Crippen LogP contribution in [0, 0.1) is 5.82 Å². The van der Waals surface area contributed by atoms with E-state index >= 15 is 0 Å². The molecule has 0 atom stereocenters. The van der Waals surface area contributed by atoms with Gasteiger partial charge in [-0.3, -0.25) is 9.78 Å². The molecule has 0 aliphatic carbocycles. The van der Waals surface area contributed by atoms with Crippen molar-refractivity contribution in [2.24, 2.45) is 0 Å². The van der Waals surface area contributed by atoms with Crippen molar-refractivity contribution >= 4 is 5.78 Å². The number of halogens is 1. The van der Waals surface area contributed by atoms with Gasteiger partial charge in [0.05, 0.1) is 18.3 Å². The topological polar surface area (TPSA) is 42.0 Å². The van der Waals surface area contributed by atoms with Crippen LogP contribution in [0.3, 0.4) is 0 Å². The number of carbonyl (C=O) groups is 1. The van der Waals surface area contributed by atoms with E-state index in [0.29, 0.717) is 0 Å². The number of nitrogens with zero attached hydrogens (tertiary/aromatic N) is 1. The SMILES string of the molecule is CC(C)(C)NCC(=O)c1ccncc1F. The van der Waals surface area contributed by atoms with Crippen LogP contribution < -0.4 is 5.32 Å². The Morgan fingerprint density at radius 2 is 2.20 bits per heavy atom. The van der Waals surface area contributed by atoms with Gasteiger partial charge < -0.3 is 5.32 Å². The normalized spacial score (nSPS) is 11.5. The van der Waals surface area contributed by atoms with Crippen molar-refractivity contribution in [2.75, 3.05) is 6.54 Å². The molecule has 0 aliphatic heterocycles. The average molecular weight is 210 g/mol. The minimum absolute atomic E-state index is 0.0850. The first kappa shape index (κ1) is 11.8. The van der Waals surface area contributed by atoms with Crippen LogP contribution in [0.25, 0.3) is 0 Å². The monoisotopic (exact) mass is 210 g/mol. The van der Waals surface area contributed by atoms with Crippen LogP contribution in [-0.4, -0.2) is 22.9 Å². The first-order valence-electron chi connectivity index (χ1n) is 4.78. The molecule has 0 saturated carbocycles. The van der Waals surface area contributed by atoms with E-state index in [1.54, 1.807) is 0 Å². The zero-order valence-corrected chi connectivity index (χ0v) is 9.17. The average Bonchev–Trinajstić information content (AvgIpc) is 2.14. The second-order valence-electron chi connectivity index (χ2n) is 4.38. The van der Waals surface area contributed by atoms with Gasteiger partial charge in [-0.25, -0.2) is 4.39 Å². The third-order valence-corrected chi connectivity index (χ3v) is 1.85. The Labute approximate surface area is 88.7 Å². The predicted molar refractivity (Wildman–Crippen MR) is 56.3 cm³/mol. The molecule has 0 fully saturated rings. The standard InChI is InChI=1S/C11H15FN2O/c1-11(2,3)14-7-10(15)8-4-5-13-6-9(8)12/h4-6,14H,7H2,1-3H3. The number of rotatable bonds is 3. The lowest BCUT2D eigenvalue weighted by molar-refractivity contribution is 0.0978. The third kappa shape index (κ3) is 3.75. The number of nitrogens with one attached hydrogen (secondary N) is 1. The van der Waals surface area contributed by atoms with Gasteiger partial charge in [-0.05, 0) is 26.8 Å². The fourth-order valence-corrected chi connectivity index (χ4v) is 1.04. The summed E-state index contributed by atoms with van der Waals surface area (Å²) in [6, 6.07) is 1.39. The molecular weight excluding hydrogens is 195 g/mol. The molecule has 1 N–H and O–H groups in total. The lowest BCUT2D eigenvalue weighted by atomic mass is 10.1. The van der Waals surface area contributed by atoms with Gasteiger partial charge in [-0.15, -0.1) is 0 Å². The summed E-state index contributed by atoms with van der Waals surface area (Å²) in [5.74, 6) is -0.831. The maximum absolute atomic E-state index is 13.1. The van der Waals surface area contributed by atoms with Gasteiger partial charge in [0, 0.05) is 11.7 Å². The Morgan fingerprint density at radius 1 is 1.53 bits per heavy atom. The number of ketones is 1. The molecule has 0 radical (unpaired) electrons. The molecule has 1 aromatic heterocycles. The van der Waals surface area contributed by atoms with Gasteiger partial charge in [0.15, 0.2) is 11.6 Å². The van der Waals surface area contributed by atoms with Crippen LogP contribution in [0.15, 0.2) is 18.5 Å². The molecule has 1 rings (SSSR count). The maximum atomic E-state index is 13.1. The summed E-state index contributed by atoms with van der Waals surface area (Å²) < 4.78 is 13.1. The van der Waals surface area contributed by atoms with Crippen LogP contribution in [0.1, 0.15) is 31.1 Å². The van der Waals surface area contributed by atoms with E-state index in [0.717, 1.165) is 6.20 Å². The third-order valence-electron chi connectivity index (χ3n) is 1.85. The molecule has 0 saturated heterocycles. The van der Waals surface area contributed by atoms with Crippen LogP contribution in [0.2, 0.25) is 0 Å². The second-order valence-corrected chi connectivity index (χ2v) is 4.38. The number of Topliss-reactive ketones (excluding diaryl/α,β-unsaturated/α-hetero) is 1. The van der Waals surface area contributed by atoms with Crippen molar-refractivity contribution in [3.63, 3.8) is 0 Å². The smallest absolute Gasteiger partial charge is 0.179 e. The molecule has 1 heterocycles. The van der Waals surface area contributed by atoms with E-state index in [-0.39, 0.29) is 23.4 Å². The summed E-state index contributed by atoms with van der Waals surface area (Å²) in [5, 5.41) is 3.01. The van der Waals surface area contributed by atoms with Gasteiger partial charge in [-0.1, -0.05) is 0 Å². The second kappa shape index (κ2) is 4.49. The first-order chi connectivity index (χ1) is 6.90. The minimum Gasteiger partial charge on any atom is -0.305 e. The van der Waals surface area contributed by atoms with Crippen LogP contribution >= 0.6 is 0 Å². The van der Waals surface area contributed by atoms with Gasteiger partial charge in [0.1, 0.15) is 0 Å². The molecule has 0 spiro atoms. The molecule has 82 valence electrons. The molecule has 0 amide bonds. The molecule has 4 heteroatoms. The zero-order chi connectivity index (χ0) is 11.5. The lowest BCUT2D eigenvalue weighted by Crippen LogP contribution is -2.39. The van der Waals surface area contributed by atoms with Crippen molar-refractivity contribution in [3.8, 4) is 0 Å². The molecule has 0 aromatic carbocycles. The Bertz CT molecular complexity index is 358. The van der Waals surface area contributed by atoms with E-state index in [1.165, 1.54) is 12.3 Å². The molecule has 15 heavy (non-hydrogen) atoms. The zero-order valence-electron chi connectivity index (χ0n) is 9.17. The van der Waals surface area contributed by atoms with Gasteiger partial charge in [0.25, 0.3) is 0 Å². The minimum atomic E-state index is -0.571. The van der Waals surface area contributed by atoms with Crippen molar-refractivity contribution in [1.29, 1.82) is 0 Å². The first-order valence-corrected chi connectivity index (χ1v) is 4.78. The predicted octanol–water partition coefficient (Wildman–Crippen LogP) is 1.79. The molecular formula is C11H15FN2O. The Hall–Kier alpha value is -1.29. The highest BCUT2D eigenvalue weighted by Gasteiger charge is 2.15. The molecule has 1 aromatic rings. The van der Waals surface area contributed by atoms with Crippen molar-refractivity contribution in [3.05, 3.63) is 29.8 Å². The molecule has 3 nitrogen and oxygen atoms in total. The number of aromatic nitrogens is 1. The summed E-state index contributed by atoms with van der Waals surface area (Å²) in [6.07, 6.45) is 2.46. The summed E-state index contributed by atoms with van der Waals surface area (Å²) in [7, 11) is 0. The number of hydrogen-bond acceptors (Lipinski definition) is 3. The van der Waals surface area contributed by atoms with E-state index in [4.69, 9.17) is 0 Å². The quantitative estimate of drug-likeness (QED) is 0.773. The fourth-order valence-electron chi connectivity index (χ4n) is 1.04. The Kier molecular flexibility index (Phi) is 3.52. The summed E-state index contributed by atoms with van der Waals surface area (Å²) >= 11 is 0. The largest absolute Gasteiger partial charge is 0.305 e. The van der Waals surface area contributed by atoms with E-state index in [1.807, 2.05) is 20.8 Å². The highest BCUT2D eigenvalue weighted by Crippen LogP contribution is 2.06. The van der Waals surface area contributed by atoms with Crippen LogP contribution in [-0.2, 0) is 0 Å². The van der Waals surface area contributed by atoms with Crippen LogP contribution in [0.5, 0.6) is 0 Å². The molecule has 0 bridgehead atoms. The summed E-state index contributed by atoms with van der Waals surface area (Å²) in [5.41, 5.74) is -0.0687. The van der Waals surface area contributed by atoms with E-state index in [2.05, 4.69) is 10.3 Å². The molecule has 0 aliphatic rings. The Morgan fingerprint density at radius 3 is 2.73 bits per heavy atom. The fraction of sp³-hybridized carbons (Fsp3) is 0.455. The number of carbonyl (C=O) groups excluding carboxylic acids is 1. The van der Waals surface area contributed by atoms with Crippen molar-refractivity contribution in [2.45, 2.75) is 26.3 Å². The summed E-state index contributed by atoms with van der Waals surface area (Å²) in [4.78, 5) is 15.2. The van der Waals surface area contributed by atoms with Crippen molar-refractivity contribution in [1.82, 2.24) is 10.3 Å². The lowest BCUT2D eigenvalue weighted by Gasteiger charge is -2.19. The number of pyridine rings is 1. The van der Waals surface area contributed by atoms with Gasteiger partial charge >= 0.3 is 0 Å². The summed E-state index contributed by atoms with van der Waals surface area (Å²) in [6.45, 7) is 5.97.